The Kier molecular flexibility index (Phi) is 3.89. The summed E-state index contributed by atoms with van der Waals surface area (Å²) in [7, 11) is 0. The quantitative estimate of drug-likeness (QED) is 0.399. The van der Waals surface area contributed by atoms with E-state index >= 15 is 0 Å². The Morgan fingerprint density at radius 2 is 1.67 bits per heavy atom. The lowest BCUT2D eigenvalue weighted by molar-refractivity contribution is 1.48. The SMILES string of the molecule is C=C(CS)CS. The van der Waals surface area contributed by atoms with Gasteiger partial charge in [-0.25, -0.2) is 0 Å². The topological polar surface area (TPSA) is 0 Å². The molecule has 0 heterocycles. The number of rotatable bonds is 2. The molecule has 0 N–H and O–H groups in total. The summed E-state index contributed by atoms with van der Waals surface area (Å²) in [6.07, 6.45) is 0. The molecule has 0 aliphatic heterocycles. The van der Waals surface area contributed by atoms with E-state index in [-0.39, 0.29) is 0 Å². The Morgan fingerprint density at radius 3 is 1.67 bits per heavy atom. The molecule has 0 spiro atoms. The molecule has 0 amide bonds. The van der Waals surface area contributed by atoms with Crippen LogP contribution in [0.1, 0.15) is 0 Å². The van der Waals surface area contributed by atoms with Gasteiger partial charge in [-0.2, -0.15) is 25.3 Å². The molecule has 0 radical (unpaired) electrons. The second kappa shape index (κ2) is 3.62. The van der Waals surface area contributed by atoms with Crippen molar-refractivity contribution in [1.29, 1.82) is 0 Å². The third kappa shape index (κ3) is 2.67. The largest absolute Gasteiger partial charge is 0.175 e. The Hall–Kier alpha value is 0.440. The molecule has 0 atom stereocenters. The van der Waals surface area contributed by atoms with Crippen LogP contribution < -0.4 is 0 Å². The van der Waals surface area contributed by atoms with Gasteiger partial charge in [0.15, 0.2) is 0 Å². The molecule has 2 heteroatoms. The first-order valence-electron chi connectivity index (χ1n) is 1.69. The Bertz CT molecular complexity index is 43.5. The van der Waals surface area contributed by atoms with Crippen LogP contribution in [0.15, 0.2) is 12.2 Å². The van der Waals surface area contributed by atoms with Crippen LogP contribution in [-0.4, -0.2) is 11.5 Å². The van der Waals surface area contributed by atoms with Gasteiger partial charge < -0.3 is 0 Å². The highest BCUT2D eigenvalue weighted by molar-refractivity contribution is 7.81. The predicted octanol–water partition coefficient (Wildman–Crippen LogP) is 1.40. The molecule has 0 fully saturated rings. The van der Waals surface area contributed by atoms with Crippen molar-refractivity contribution in [3.8, 4) is 0 Å². The van der Waals surface area contributed by atoms with E-state index in [2.05, 4.69) is 31.8 Å². The van der Waals surface area contributed by atoms with Gasteiger partial charge >= 0.3 is 0 Å². The first kappa shape index (κ1) is 6.44. The zero-order valence-electron chi connectivity index (χ0n) is 3.52. The fraction of sp³-hybridized carbons (Fsp3) is 0.500. The van der Waals surface area contributed by atoms with Crippen molar-refractivity contribution >= 4 is 25.3 Å². The fourth-order valence-corrected chi connectivity index (χ4v) is 0.450. The van der Waals surface area contributed by atoms with Gasteiger partial charge in [-0.05, 0) is 0 Å². The van der Waals surface area contributed by atoms with Crippen LogP contribution in [0.5, 0.6) is 0 Å². The van der Waals surface area contributed by atoms with Crippen LogP contribution in [0, 0.1) is 0 Å². The van der Waals surface area contributed by atoms with Crippen LogP contribution in [0.25, 0.3) is 0 Å². The average Bonchev–Trinajstić information content (AvgIpc) is 1.65. The lowest BCUT2D eigenvalue weighted by atomic mass is 10.4. The minimum Gasteiger partial charge on any atom is -0.175 e. The summed E-state index contributed by atoms with van der Waals surface area (Å²) >= 11 is 7.89. The molecule has 0 saturated carbocycles. The van der Waals surface area contributed by atoms with E-state index in [1.54, 1.807) is 0 Å². The van der Waals surface area contributed by atoms with E-state index in [9.17, 15) is 0 Å². The highest BCUT2D eigenvalue weighted by Gasteiger charge is 1.79. The highest BCUT2D eigenvalue weighted by Crippen LogP contribution is 1.93. The second-order valence-corrected chi connectivity index (χ2v) is 1.70. The van der Waals surface area contributed by atoms with Gasteiger partial charge in [0.05, 0.1) is 0 Å². The monoisotopic (exact) mass is 120 g/mol. The number of thiol groups is 2. The summed E-state index contributed by atoms with van der Waals surface area (Å²) < 4.78 is 0. The maximum atomic E-state index is 3.95. The lowest BCUT2D eigenvalue weighted by Gasteiger charge is -1.88. The molecular weight excluding hydrogens is 112 g/mol. The Labute approximate surface area is 49.5 Å². The van der Waals surface area contributed by atoms with Crippen molar-refractivity contribution in [2.45, 2.75) is 0 Å². The Balaban J connectivity index is 2.99. The van der Waals surface area contributed by atoms with E-state index in [1.807, 2.05) is 0 Å². The van der Waals surface area contributed by atoms with Gasteiger partial charge in [0.2, 0.25) is 0 Å². The van der Waals surface area contributed by atoms with E-state index in [0.29, 0.717) is 0 Å². The molecule has 36 valence electrons. The summed E-state index contributed by atoms with van der Waals surface area (Å²) in [5, 5.41) is 0. The maximum absolute atomic E-state index is 3.95. The summed E-state index contributed by atoms with van der Waals surface area (Å²) in [5.41, 5.74) is 1.07. The highest BCUT2D eigenvalue weighted by atomic mass is 32.1. The molecule has 0 aliphatic rings. The smallest absolute Gasteiger partial charge is 0.0118 e. The molecule has 0 rings (SSSR count). The van der Waals surface area contributed by atoms with Crippen LogP contribution in [0.3, 0.4) is 0 Å². The van der Waals surface area contributed by atoms with E-state index < -0.39 is 0 Å². The minimum absolute atomic E-state index is 0.753. The second-order valence-electron chi connectivity index (χ2n) is 1.07. The zero-order chi connectivity index (χ0) is 4.99. The summed E-state index contributed by atoms with van der Waals surface area (Å²) in [6, 6.07) is 0. The van der Waals surface area contributed by atoms with Gasteiger partial charge in [-0.3, -0.25) is 0 Å². The van der Waals surface area contributed by atoms with E-state index in [0.717, 1.165) is 17.1 Å². The van der Waals surface area contributed by atoms with E-state index in [1.165, 1.54) is 0 Å². The first-order chi connectivity index (χ1) is 2.81. The normalized spacial score (nSPS) is 8.33. The van der Waals surface area contributed by atoms with Crippen molar-refractivity contribution < 1.29 is 0 Å². The standard InChI is InChI=1S/C4H8S2/c1-4(2-5)3-6/h5-6H,1-3H2. The van der Waals surface area contributed by atoms with Crippen LogP contribution in [0.4, 0.5) is 0 Å². The van der Waals surface area contributed by atoms with Gasteiger partial charge in [-0.1, -0.05) is 12.2 Å². The molecule has 6 heavy (non-hydrogen) atoms. The lowest BCUT2D eigenvalue weighted by Crippen LogP contribution is -1.79. The van der Waals surface area contributed by atoms with Crippen molar-refractivity contribution in [3.63, 3.8) is 0 Å². The van der Waals surface area contributed by atoms with Crippen molar-refractivity contribution in [2.75, 3.05) is 11.5 Å². The third-order valence-electron chi connectivity index (χ3n) is 0.447. The number of hydrogen-bond acceptors (Lipinski definition) is 2. The first-order valence-corrected chi connectivity index (χ1v) is 2.96. The van der Waals surface area contributed by atoms with Gasteiger partial charge in [0, 0.05) is 11.5 Å². The third-order valence-corrected chi connectivity index (χ3v) is 1.34. The van der Waals surface area contributed by atoms with Gasteiger partial charge in [-0.15, -0.1) is 0 Å². The van der Waals surface area contributed by atoms with Crippen LogP contribution >= 0.6 is 25.3 Å². The predicted molar refractivity (Wildman–Crippen MR) is 36.8 cm³/mol. The molecule has 0 aliphatic carbocycles. The van der Waals surface area contributed by atoms with Crippen LogP contribution in [-0.2, 0) is 0 Å². The van der Waals surface area contributed by atoms with Crippen LogP contribution in [0.2, 0.25) is 0 Å². The zero-order valence-corrected chi connectivity index (χ0v) is 5.30. The molecular formula is C4H8S2. The van der Waals surface area contributed by atoms with Gasteiger partial charge in [0.25, 0.3) is 0 Å². The molecule has 0 saturated heterocycles. The fourth-order valence-electron chi connectivity index (χ4n) is 0.0500. The summed E-state index contributed by atoms with van der Waals surface area (Å²) in [4.78, 5) is 0. The van der Waals surface area contributed by atoms with Crippen molar-refractivity contribution in [1.82, 2.24) is 0 Å². The number of hydrogen-bond donors (Lipinski definition) is 2. The van der Waals surface area contributed by atoms with Crippen molar-refractivity contribution in [2.24, 2.45) is 0 Å². The molecule has 0 nitrogen and oxygen atoms in total. The molecule has 0 aromatic heterocycles. The van der Waals surface area contributed by atoms with Crippen molar-refractivity contribution in [3.05, 3.63) is 12.2 Å². The molecule has 0 bridgehead atoms. The van der Waals surface area contributed by atoms with Gasteiger partial charge in [0.1, 0.15) is 0 Å². The average molecular weight is 120 g/mol. The Morgan fingerprint density at radius 1 is 1.33 bits per heavy atom. The molecule has 0 aromatic carbocycles. The summed E-state index contributed by atoms with van der Waals surface area (Å²) in [5.74, 6) is 1.51. The molecule has 0 aromatic rings. The molecule has 0 unspecified atom stereocenters. The summed E-state index contributed by atoms with van der Waals surface area (Å²) in [6.45, 7) is 3.64. The van der Waals surface area contributed by atoms with E-state index in [4.69, 9.17) is 0 Å². The maximum Gasteiger partial charge on any atom is 0.0118 e. The minimum atomic E-state index is 0.753.